The molecule has 0 bridgehead atoms. The first-order valence-electron chi connectivity index (χ1n) is 6.99. The smallest absolute Gasteiger partial charge is 0.338 e. The van der Waals surface area contributed by atoms with Crippen LogP contribution >= 0.6 is 0 Å². The van der Waals surface area contributed by atoms with Gasteiger partial charge in [-0.05, 0) is 31.5 Å². The minimum absolute atomic E-state index is 0.330. The van der Waals surface area contributed by atoms with Crippen molar-refractivity contribution in [2.75, 3.05) is 24.2 Å². The van der Waals surface area contributed by atoms with E-state index in [-0.39, 0.29) is 5.97 Å². The van der Waals surface area contributed by atoms with E-state index in [4.69, 9.17) is 10.5 Å². The molecule has 4 heteroatoms. The van der Waals surface area contributed by atoms with E-state index in [1.807, 2.05) is 6.07 Å². The van der Waals surface area contributed by atoms with Crippen LogP contribution in [0.25, 0.3) is 0 Å². The molecule has 0 unspecified atom stereocenters. The van der Waals surface area contributed by atoms with Gasteiger partial charge in [-0.1, -0.05) is 26.2 Å². The summed E-state index contributed by atoms with van der Waals surface area (Å²) in [7, 11) is 0. The molecule has 1 aromatic rings. The number of nitrogen functional groups attached to an aromatic ring is 1. The molecule has 0 aliphatic rings. The number of carbonyl (C=O) groups is 1. The summed E-state index contributed by atoms with van der Waals surface area (Å²) in [6, 6.07) is 5.23. The van der Waals surface area contributed by atoms with Gasteiger partial charge in [0.25, 0.3) is 0 Å². The highest BCUT2D eigenvalue weighted by Crippen LogP contribution is 2.20. The Morgan fingerprint density at radius 2 is 2.05 bits per heavy atom. The summed E-state index contributed by atoms with van der Waals surface area (Å²) in [4.78, 5) is 11.5. The molecule has 0 aliphatic heterocycles. The maximum Gasteiger partial charge on any atom is 0.338 e. The molecule has 1 rings (SSSR count). The first kappa shape index (κ1) is 15.3. The molecular formula is C15H24N2O2. The highest BCUT2D eigenvalue weighted by atomic mass is 16.5. The molecular weight excluding hydrogens is 240 g/mol. The third-order valence-electron chi connectivity index (χ3n) is 2.91. The van der Waals surface area contributed by atoms with E-state index in [0.29, 0.717) is 17.9 Å². The molecule has 0 atom stereocenters. The lowest BCUT2D eigenvalue weighted by molar-refractivity contribution is 0.0526. The predicted octanol–water partition coefficient (Wildman–Crippen LogP) is 3.44. The number of hydrogen-bond acceptors (Lipinski definition) is 4. The van der Waals surface area contributed by atoms with Crippen LogP contribution in [0.3, 0.4) is 0 Å². The van der Waals surface area contributed by atoms with Gasteiger partial charge in [0.15, 0.2) is 0 Å². The molecule has 3 N–H and O–H groups in total. The van der Waals surface area contributed by atoms with Crippen LogP contribution in [-0.2, 0) is 4.74 Å². The summed E-state index contributed by atoms with van der Waals surface area (Å²) >= 11 is 0. The third kappa shape index (κ3) is 5.20. The number of nitrogens with two attached hydrogens (primary N) is 1. The molecule has 0 heterocycles. The Morgan fingerprint density at radius 3 is 2.68 bits per heavy atom. The molecule has 0 fully saturated rings. The normalized spacial score (nSPS) is 10.2. The van der Waals surface area contributed by atoms with Crippen molar-refractivity contribution in [3.05, 3.63) is 23.8 Å². The van der Waals surface area contributed by atoms with Crippen LogP contribution < -0.4 is 11.1 Å². The number of esters is 1. The van der Waals surface area contributed by atoms with Crippen molar-refractivity contribution in [1.29, 1.82) is 0 Å². The van der Waals surface area contributed by atoms with Gasteiger partial charge < -0.3 is 15.8 Å². The first-order valence-corrected chi connectivity index (χ1v) is 6.99. The second kappa shape index (κ2) is 8.40. The van der Waals surface area contributed by atoms with Gasteiger partial charge in [-0.3, -0.25) is 0 Å². The summed E-state index contributed by atoms with van der Waals surface area (Å²) in [6.07, 6.45) is 4.85. The molecule has 0 saturated heterocycles. The standard InChI is InChI=1S/C15H24N2O2/c1-3-5-6-7-10-17-14-9-8-12(11-13(14)16)15(18)19-4-2/h8-9,11,17H,3-7,10,16H2,1-2H3. The van der Waals surface area contributed by atoms with E-state index >= 15 is 0 Å². The fraction of sp³-hybridized carbons (Fsp3) is 0.533. The number of benzene rings is 1. The summed E-state index contributed by atoms with van der Waals surface area (Å²) < 4.78 is 4.93. The topological polar surface area (TPSA) is 64.3 Å². The zero-order chi connectivity index (χ0) is 14.1. The van der Waals surface area contributed by atoms with Crippen molar-refractivity contribution in [2.24, 2.45) is 0 Å². The Labute approximate surface area is 115 Å². The molecule has 0 spiro atoms. The highest BCUT2D eigenvalue weighted by molar-refractivity contribution is 5.91. The average Bonchev–Trinajstić information content (AvgIpc) is 2.40. The maximum absolute atomic E-state index is 11.5. The fourth-order valence-corrected chi connectivity index (χ4v) is 1.84. The Balaban J connectivity index is 2.50. The highest BCUT2D eigenvalue weighted by Gasteiger charge is 2.08. The van der Waals surface area contributed by atoms with Gasteiger partial charge >= 0.3 is 5.97 Å². The average molecular weight is 264 g/mol. The van der Waals surface area contributed by atoms with Gasteiger partial charge in [0.05, 0.1) is 23.5 Å². The minimum atomic E-state index is -0.330. The van der Waals surface area contributed by atoms with E-state index in [2.05, 4.69) is 12.2 Å². The van der Waals surface area contributed by atoms with Crippen molar-refractivity contribution in [3.8, 4) is 0 Å². The predicted molar refractivity (Wildman–Crippen MR) is 79.4 cm³/mol. The van der Waals surface area contributed by atoms with Crippen molar-refractivity contribution >= 4 is 17.3 Å². The van der Waals surface area contributed by atoms with E-state index in [9.17, 15) is 4.79 Å². The monoisotopic (exact) mass is 264 g/mol. The molecule has 19 heavy (non-hydrogen) atoms. The number of hydrogen-bond donors (Lipinski definition) is 2. The van der Waals surface area contributed by atoms with Gasteiger partial charge in [-0.25, -0.2) is 4.79 Å². The largest absolute Gasteiger partial charge is 0.462 e. The van der Waals surface area contributed by atoms with Crippen LogP contribution in [0.15, 0.2) is 18.2 Å². The number of carbonyl (C=O) groups excluding carboxylic acids is 1. The Kier molecular flexibility index (Phi) is 6.79. The van der Waals surface area contributed by atoms with Gasteiger partial charge in [0, 0.05) is 6.54 Å². The summed E-state index contributed by atoms with van der Waals surface area (Å²) in [5.74, 6) is -0.330. The van der Waals surface area contributed by atoms with Crippen LogP contribution in [-0.4, -0.2) is 19.1 Å². The summed E-state index contributed by atoms with van der Waals surface area (Å²) in [5, 5.41) is 3.29. The number of ether oxygens (including phenoxy) is 1. The van der Waals surface area contributed by atoms with Crippen LogP contribution in [0.2, 0.25) is 0 Å². The van der Waals surface area contributed by atoms with Gasteiger partial charge in [-0.2, -0.15) is 0 Å². The zero-order valence-electron chi connectivity index (χ0n) is 11.9. The van der Waals surface area contributed by atoms with E-state index in [1.54, 1.807) is 19.1 Å². The lowest BCUT2D eigenvalue weighted by atomic mass is 10.1. The second-order valence-corrected chi connectivity index (χ2v) is 4.51. The third-order valence-corrected chi connectivity index (χ3v) is 2.91. The molecule has 0 amide bonds. The van der Waals surface area contributed by atoms with Crippen LogP contribution in [0.4, 0.5) is 11.4 Å². The molecule has 1 aromatic carbocycles. The number of unbranched alkanes of at least 4 members (excludes halogenated alkanes) is 3. The zero-order valence-corrected chi connectivity index (χ0v) is 11.9. The lowest BCUT2D eigenvalue weighted by Gasteiger charge is -2.10. The van der Waals surface area contributed by atoms with E-state index in [0.717, 1.165) is 18.7 Å². The number of anilines is 2. The number of rotatable bonds is 8. The van der Waals surface area contributed by atoms with Crippen molar-refractivity contribution in [3.63, 3.8) is 0 Å². The van der Waals surface area contributed by atoms with Gasteiger partial charge in [0.2, 0.25) is 0 Å². The maximum atomic E-state index is 11.5. The van der Waals surface area contributed by atoms with Crippen LogP contribution in [0.5, 0.6) is 0 Å². The quantitative estimate of drug-likeness (QED) is 0.429. The minimum Gasteiger partial charge on any atom is -0.462 e. The van der Waals surface area contributed by atoms with Crippen molar-refractivity contribution in [2.45, 2.75) is 39.5 Å². The summed E-state index contributed by atoms with van der Waals surface area (Å²) in [5.41, 5.74) is 7.89. The van der Waals surface area contributed by atoms with Crippen molar-refractivity contribution < 1.29 is 9.53 Å². The van der Waals surface area contributed by atoms with Crippen molar-refractivity contribution in [1.82, 2.24) is 0 Å². The molecule has 0 saturated carbocycles. The van der Waals surface area contributed by atoms with Crippen LogP contribution in [0, 0.1) is 0 Å². The fourth-order valence-electron chi connectivity index (χ4n) is 1.84. The second-order valence-electron chi connectivity index (χ2n) is 4.51. The van der Waals surface area contributed by atoms with E-state index < -0.39 is 0 Å². The lowest BCUT2D eigenvalue weighted by Crippen LogP contribution is -2.08. The van der Waals surface area contributed by atoms with Crippen LogP contribution in [0.1, 0.15) is 49.9 Å². The van der Waals surface area contributed by atoms with E-state index in [1.165, 1.54) is 19.3 Å². The summed E-state index contributed by atoms with van der Waals surface area (Å²) in [6.45, 7) is 5.26. The first-order chi connectivity index (χ1) is 9.19. The Bertz CT molecular complexity index is 405. The molecule has 4 nitrogen and oxygen atoms in total. The van der Waals surface area contributed by atoms with Gasteiger partial charge in [-0.15, -0.1) is 0 Å². The van der Waals surface area contributed by atoms with Gasteiger partial charge in [0.1, 0.15) is 0 Å². The molecule has 106 valence electrons. The Morgan fingerprint density at radius 1 is 1.26 bits per heavy atom. The molecule has 0 aromatic heterocycles. The number of nitrogens with one attached hydrogen (secondary N) is 1. The molecule has 0 radical (unpaired) electrons. The molecule has 0 aliphatic carbocycles. The Hall–Kier alpha value is -1.71. The SMILES string of the molecule is CCCCCCNc1ccc(C(=O)OCC)cc1N.